The van der Waals surface area contributed by atoms with Crippen molar-refractivity contribution >= 4 is 33.1 Å². The second kappa shape index (κ2) is 4.95. The Kier molecular flexibility index (Phi) is 3.32. The van der Waals surface area contributed by atoms with Crippen molar-refractivity contribution in [3.8, 4) is 0 Å². The van der Waals surface area contributed by atoms with E-state index in [0.29, 0.717) is 11.6 Å². The number of hydrogen-bond donors (Lipinski definition) is 0. The number of rotatable bonds is 1. The summed E-state index contributed by atoms with van der Waals surface area (Å²) in [5.74, 6) is -0.582. The molecule has 0 radical (unpaired) electrons. The van der Waals surface area contributed by atoms with Crippen molar-refractivity contribution in [1.82, 2.24) is 0 Å². The van der Waals surface area contributed by atoms with Gasteiger partial charge in [-0.15, -0.1) is 0 Å². The zero-order valence-corrected chi connectivity index (χ0v) is 12.4. The first-order valence-corrected chi connectivity index (χ1v) is 6.94. The zero-order chi connectivity index (χ0) is 16.1. The van der Waals surface area contributed by atoms with E-state index in [2.05, 4.69) is 15.9 Å². The minimum Gasteiger partial charge on any atom is -0.618 e. The van der Waals surface area contributed by atoms with Gasteiger partial charge in [0.15, 0.2) is 0 Å². The Bertz CT molecular complexity index is 811. The third-order valence-electron chi connectivity index (χ3n) is 3.32. The molecule has 1 heterocycles. The monoisotopic (exact) mass is 369 g/mol. The smallest absolute Gasteiger partial charge is 0.416 e. The molecule has 1 aliphatic heterocycles. The Balaban J connectivity index is 2.15. The molecule has 0 aliphatic carbocycles. The van der Waals surface area contributed by atoms with Crippen LogP contribution in [0.3, 0.4) is 0 Å². The molecule has 0 N–H and O–H groups in total. The molecular formula is C15H7BrF3NO2. The van der Waals surface area contributed by atoms with Gasteiger partial charge in [-0.2, -0.15) is 17.9 Å². The largest absolute Gasteiger partial charge is 0.618 e. The van der Waals surface area contributed by atoms with E-state index in [9.17, 15) is 23.2 Å². The van der Waals surface area contributed by atoms with Gasteiger partial charge in [0.05, 0.1) is 11.1 Å². The molecule has 0 spiro atoms. The molecule has 2 aromatic rings. The van der Waals surface area contributed by atoms with Crippen molar-refractivity contribution in [2.75, 3.05) is 0 Å². The summed E-state index contributed by atoms with van der Waals surface area (Å²) in [7, 11) is 0. The van der Waals surface area contributed by atoms with Crippen molar-refractivity contribution in [3.05, 3.63) is 68.8 Å². The fraction of sp³-hybridized carbons (Fsp3) is 0.0667. The van der Waals surface area contributed by atoms with Crippen molar-refractivity contribution in [2.24, 2.45) is 0 Å². The molecule has 0 unspecified atom stereocenters. The van der Waals surface area contributed by atoms with Crippen LogP contribution in [0.2, 0.25) is 0 Å². The quantitative estimate of drug-likeness (QED) is 0.555. The van der Waals surface area contributed by atoms with Gasteiger partial charge in [-0.05, 0) is 36.4 Å². The van der Waals surface area contributed by atoms with Gasteiger partial charge in [0.1, 0.15) is 5.56 Å². The van der Waals surface area contributed by atoms with E-state index in [1.165, 1.54) is 0 Å². The van der Waals surface area contributed by atoms with Crippen LogP contribution in [0.25, 0.3) is 0 Å². The maximum atomic E-state index is 12.7. The number of carbonyl (C=O) groups excluding carboxylic acids is 1. The average molecular weight is 370 g/mol. The topological polar surface area (TPSA) is 43.1 Å². The highest BCUT2D eigenvalue weighted by atomic mass is 79.9. The summed E-state index contributed by atoms with van der Waals surface area (Å²) in [6.07, 6.45) is -4.57. The Morgan fingerprint density at radius 1 is 1.05 bits per heavy atom. The number of ketones is 1. The molecule has 3 nitrogen and oxygen atoms in total. The average Bonchev–Trinajstić information content (AvgIpc) is 2.71. The third kappa shape index (κ3) is 2.31. The van der Waals surface area contributed by atoms with Crippen LogP contribution in [-0.2, 0) is 6.18 Å². The lowest BCUT2D eigenvalue weighted by Gasteiger charge is -2.07. The Labute approximate surface area is 131 Å². The molecule has 22 heavy (non-hydrogen) atoms. The lowest BCUT2D eigenvalue weighted by atomic mass is 10.0. The summed E-state index contributed by atoms with van der Waals surface area (Å²) >= 11 is 3.23. The van der Waals surface area contributed by atoms with Crippen LogP contribution in [0.5, 0.6) is 0 Å². The lowest BCUT2D eigenvalue weighted by Crippen LogP contribution is -2.16. The van der Waals surface area contributed by atoms with Gasteiger partial charge in [-0.3, -0.25) is 4.79 Å². The Hall–Kier alpha value is -2.15. The molecule has 0 saturated carbocycles. The van der Waals surface area contributed by atoms with Crippen molar-refractivity contribution in [3.63, 3.8) is 0 Å². The molecule has 0 amide bonds. The molecule has 3 rings (SSSR count). The van der Waals surface area contributed by atoms with E-state index in [1.807, 2.05) is 0 Å². The molecule has 1 aliphatic rings. The Morgan fingerprint density at radius 3 is 2.27 bits per heavy atom. The van der Waals surface area contributed by atoms with E-state index in [0.717, 1.165) is 16.6 Å². The van der Waals surface area contributed by atoms with E-state index in [4.69, 9.17) is 0 Å². The van der Waals surface area contributed by atoms with Crippen LogP contribution >= 0.6 is 15.9 Å². The van der Waals surface area contributed by atoms with Gasteiger partial charge in [0.2, 0.25) is 5.69 Å². The fourth-order valence-electron chi connectivity index (χ4n) is 2.26. The fourth-order valence-corrected chi connectivity index (χ4v) is 2.53. The van der Waals surface area contributed by atoms with Crippen LogP contribution in [0.1, 0.15) is 21.5 Å². The summed E-state index contributed by atoms with van der Waals surface area (Å²) in [4.78, 5) is 12.3. The second-order valence-corrected chi connectivity index (χ2v) is 5.62. The summed E-state index contributed by atoms with van der Waals surface area (Å²) < 4.78 is 39.2. The molecule has 112 valence electrons. The van der Waals surface area contributed by atoms with Gasteiger partial charge in [-0.1, -0.05) is 15.9 Å². The highest BCUT2D eigenvalue weighted by molar-refractivity contribution is 9.10. The summed E-state index contributed by atoms with van der Waals surface area (Å²) in [6.45, 7) is 0. The van der Waals surface area contributed by atoms with Crippen LogP contribution in [0.15, 0.2) is 46.9 Å². The standard InChI is InChI=1S/C15H7BrF3NO2/c16-10-4-1-8(2-5-10)13-14(21)11-6-3-9(15(17,18)19)7-12(11)20(13)22/h1-7H. The van der Waals surface area contributed by atoms with Crippen LogP contribution in [0.4, 0.5) is 18.9 Å². The zero-order valence-electron chi connectivity index (χ0n) is 10.8. The van der Waals surface area contributed by atoms with Crippen molar-refractivity contribution < 1.29 is 22.7 Å². The SMILES string of the molecule is O=C1C(c2ccc(Br)cc2)=[N+]([O-])c2cc(C(F)(F)F)ccc21. The number of Topliss-reactive ketones (excluding diaryl/α,β-unsaturated/α-hetero) is 1. The minimum absolute atomic E-state index is 0.0269. The van der Waals surface area contributed by atoms with E-state index in [-0.39, 0.29) is 21.7 Å². The normalized spacial score (nSPS) is 14.5. The summed E-state index contributed by atoms with van der Waals surface area (Å²) in [5, 5.41) is 12.3. The molecule has 7 heteroatoms. The van der Waals surface area contributed by atoms with E-state index in [1.54, 1.807) is 24.3 Å². The number of carbonyl (C=O) groups is 1. The first-order valence-electron chi connectivity index (χ1n) is 6.15. The number of fused-ring (bicyclic) bond motifs is 1. The summed E-state index contributed by atoms with van der Waals surface area (Å²) in [6, 6.07) is 8.94. The van der Waals surface area contributed by atoms with Crippen LogP contribution in [-0.4, -0.2) is 16.2 Å². The second-order valence-electron chi connectivity index (χ2n) is 4.71. The highest BCUT2D eigenvalue weighted by Crippen LogP contribution is 2.36. The van der Waals surface area contributed by atoms with E-state index >= 15 is 0 Å². The first kappa shape index (κ1) is 14.8. The third-order valence-corrected chi connectivity index (χ3v) is 3.85. The van der Waals surface area contributed by atoms with Crippen LogP contribution < -0.4 is 0 Å². The predicted octanol–water partition coefficient (Wildman–Crippen LogP) is 4.30. The molecule has 2 aromatic carbocycles. The maximum absolute atomic E-state index is 12.7. The van der Waals surface area contributed by atoms with Gasteiger partial charge >= 0.3 is 6.18 Å². The number of benzene rings is 2. The van der Waals surface area contributed by atoms with Gasteiger partial charge < -0.3 is 5.21 Å². The molecule has 0 bridgehead atoms. The number of halogens is 4. The molecular weight excluding hydrogens is 363 g/mol. The number of nitrogens with zero attached hydrogens (tertiary/aromatic N) is 1. The molecule has 0 fully saturated rings. The minimum atomic E-state index is -4.57. The number of hydrogen-bond acceptors (Lipinski definition) is 2. The van der Waals surface area contributed by atoms with Gasteiger partial charge in [0.25, 0.3) is 11.5 Å². The number of alkyl halides is 3. The van der Waals surface area contributed by atoms with Gasteiger partial charge in [0, 0.05) is 10.5 Å². The lowest BCUT2D eigenvalue weighted by molar-refractivity contribution is -0.355. The highest BCUT2D eigenvalue weighted by Gasteiger charge is 2.39. The predicted molar refractivity (Wildman–Crippen MR) is 77.3 cm³/mol. The van der Waals surface area contributed by atoms with E-state index < -0.39 is 17.5 Å². The van der Waals surface area contributed by atoms with Gasteiger partial charge in [-0.25, -0.2) is 0 Å². The Morgan fingerprint density at radius 2 is 1.68 bits per heavy atom. The molecule has 0 saturated heterocycles. The van der Waals surface area contributed by atoms with Crippen LogP contribution in [0, 0.1) is 5.21 Å². The maximum Gasteiger partial charge on any atom is 0.416 e. The first-order chi connectivity index (χ1) is 10.3. The van der Waals surface area contributed by atoms with Crippen molar-refractivity contribution in [2.45, 2.75) is 6.18 Å². The summed E-state index contributed by atoms with van der Waals surface area (Å²) in [5.41, 5.74) is -1.09. The van der Waals surface area contributed by atoms with Crippen molar-refractivity contribution in [1.29, 1.82) is 0 Å². The molecule has 0 aromatic heterocycles. The molecule has 0 atom stereocenters.